The predicted molar refractivity (Wildman–Crippen MR) is 126 cm³/mol. The number of amides is 1. The van der Waals surface area contributed by atoms with Crippen LogP contribution in [0.4, 0.5) is 5.69 Å². The summed E-state index contributed by atoms with van der Waals surface area (Å²) in [4.78, 5) is 19.5. The van der Waals surface area contributed by atoms with E-state index in [1.54, 1.807) is 16.7 Å². The number of nitrogens with zero attached hydrogens (tertiary/aromatic N) is 4. The maximum absolute atomic E-state index is 13.1. The van der Waals surface area contributed by atoms with Crippen LogP contribution in [0.3, 0.4) is 0 Å². The summed E-state index contributed by atoms with van der Waals surface area (Å²) in [6.45, 7) is 4.00. The summed E-state index contributed by atoms with van der Waals surface area (Å²) in [5.41, 5.74) is 2.92. The van der Waals surface area contributed by atoms with Crippen LogP contribution in [0, 0.1) is 0 Å². The number of anilines is 1. The van der Waals surface area contributed by atoms with E-state index in [-0.39, 0.29) is 5.91 Å². The zero-order chi connectivity index (χ0) is 21.8. The molecular formula is C23H23BrN4O2S. The first kappa shape index (κ1) is 21.8. The van der Waals surface area contributed by atoms with E-state index in [4.69, 9.17) is 4.74 Å². The van der Waals surface area contributed by atoms with Crippen LogP contribution in [0.2, 0.25) is 0 Å². The van der Waals surface area contributed by atoms with Gasteiger partial charge < -0.3 is 4.74 Å². The molecule has 1 unspecified atom stereocenters. The van der Waals surface area contributed by atoms with Crippen molar-refractivity contribution in [1.29, 1.82) is 0 Å². The van der Waals surface area contributed by atoms with Gasteiger partial charge >= 0.3 is 0 Å². The summed E-state index contributed by atoms with van der Waals surface area (Å²) in [5.74, 6) is 1.27. The number of hydrogen-bond acceptors (Lipinski definition) is 6. The van der Waals surface area contributed by atoms with E-state index >= 15 is 0 Å². The van der Waals surface area contributed by atoms with Crippen LogP contribution in [0.5, 0.6) is 5.88 Å². The summed E-state index contributed by atoms with van der Waals surface area (Å²) in [5, 5.41) is 9.35. The van der Waals surface area contributed by atoms with E-state index < -0.39 is 6.23 Å². The molecule has 1 amide bonds. The molecule has 160 valence electrons. The lowest BCUT2D eigenvalue weighted by molar-refractivity contribution is -0.120. The van der Waals surface area contributed by atoms with Crippen LogP contribution >= 0.6 is 27.7 Å². The number of para-hydroxylation sites is 1. The lowest BCUT2D eigenvalue weighted by Gasteiger charge is -2.30. The highest BCUT2D eigenvalue weighted by molar-refractivity contribution is 9.10. The van der Waals surface area contributed by atoms with Gasteiger partial charge in [-0.25, -0.2) is 0 Å². The summed E-state index contributed by atoms with van der Waals surface area (Å²) >= 11 is 5.04. The molecule has 1 atom stereocenters. The predicted octanol–water partition coefficient (Wildman–Crippen LogP) is 6.03. The van der Waals surface area contributed by atoms with E-state index in [0.717, 1.165) is 39.9 Å². The molecule has 0 N–H and O–H groups in total. The van der Waals surface area contributed by atoms with Crippen molar-refractivity contribution in [1.82, 2.24) is 15.2 Å². The van der Waals surface area contributed by atoms with Crippen molar-refractivity contribution in [2.45, 2.75) is 44.5 Å². The SMILES string of the molecule is CCCCSc1nnc2c(n1)OC(c1ccc(Br)cc1)N(C(=O)CC)c1ccccc1-2. The smallest absolute Gasteiger partial charge is 0.247 e. The summed E-state index contributed by atoms with van der Waals surface area (Å²) in [6, 6.07) is 15.5. The van der Waals surface area contributed by atoms with Crippen LogP contribution in [0.1, 0.15) is 44.9 Å². The van der Waals surface area contributed by atoms with Gasteiger partial charge in [-0.2, -0.15) is 4.98 Å². The molecule has 1 aliphatic heterocycles. The fourth-order valence-electron chi connectivity index (χ4n) is 3.37. The van der Waals surface area contributed by atoms with Crippen molar-refractivity contribution in [3.8, 4) is 17.1 Å². The molecule has 2 heterocycles. The molecular weight excluding hydrogens is 476 g/mol. The number of rotatable bonds is 6. The normalized spacial score (nSPS) is 14.9. The molecule has 1 aliphatic rings. The Hall–Kier alpha value is -2.45. The highest BCUT2D eigenvalue weighted by atomic mass is 79.9. The molecule has 3 aromatic rings. The molecule has 2 aromatic carbocycles. The third-order valence-corrected chi connectivity index (χ3v) is 6.42. The topological polar surface area (TPSA) is 68.2 Å². The molecule has 0 saturated heterocycles. The minimum absolute atomic E-state index is 0.0429. The minimum Gasteiger partial charge on any atom is -0.447 e. The van der Waals surface area contributed by atoms with Gasteiger partial charge in [-0.1, -0.05) is 78.3 Å². The number of halogens is 1. The molecule has 6 nitrogen and oxygen atoms in total. The highest BCUT2D eigenvalue weighted by Gasteiger charge is 2.35. The van der Waals surface area contributed by atoms with Crippen molar-refractivity contribution < 1.29 is 9.53 Å². The largest absolute Gasteiger partial charge is 0.447 e. The Morgan fingerprint density at radius 2 is 1.90 bits per heavy atom. The monoisotopic (exact) mass is 498 g/mol. The second kappa shape index (κ2) is 9.78. The first-order valence-corrected chi connectivity index (χ1v) is 12.1. The van der Waals surface area contributed by atoms with Crippen LogP contribution < -0.4 is 9.64 Å². The summed E-state index contributed by atoms with van der Waals surface area (Å²) in [7, 11) is 0. The molecule has 0 radical (unpaired) electrons. The first-order valence-electron chi connectivity index (χ1n) is 10.3. The van der Waals surface area contributed by atoms with Gasteiger partial charge in [0.2, 0.25) is 23.2 Å². The Balaban J connectivity index is 1.85. The van der Waals surface area contributed by atoms with Crippen LogP contribution in [-0.4, -0.2) is 26.8 Å². The van der Waals surface area contributed by atoms with Gasteiger partial charge in [0.15, 0.2) is 5.69 Å². The van der Waals surface area contributed by atoms with Crippen molar-refractivity contribution >= 4 is 39.3 Å². The summed E-state index contributed by atoms with van der Waals surface area (Å²) < 4.78 is 7.37. The second-order valence-electron chi connectivity index (χ2n) is 7.11. The van der Waals surface area contributed by atoms with Gasteiger partial charge in [0, 0.05) is 27.8 Å². The molecule has 31 heavy (non-hydrogen) atoms. The first-order chi connectivity index (χ1) is 15.1. The van der Waals surface area contributed by atoms with Gasteiger partial charge in [-0.05, 0) is 24.6 Å². The summed E-state index contributed by atoms with van der Waals surface area (Å²) in [6.07, 6.45) is 1.87. The Labute approximate surface area is 194 Å². The van der Waals surface area contributed by atoms with Crippen molar-refractivity contribution in [2.24, 2.45) is 0 Å². The van der Waals surface area contributed by atoms with Crippen molar-refractivity contribution in [2.75, 3.05) is 10.7 Å². The van der Waals surface area contributed by atoms with E-state index in [0.29, 0.717) is 23.2 Å². The second-order valence-corrected chi connectivity index (χ2v) is 9.08. The molecule has 0 fully saturated rings. The van der Waals surface area contributed by atoms with E-state index in [2.05, 4.69) is 38.0 Å². The number of carbonyl (C=O) groups excluding carboxylic acids is 1. The quantitative estimate of drug-likeness (QED) is 0.305. The van der Waals surface area contributed by atoms with E-state index in [1.165, 1.54) is 0 Å². The van der Waals surface area contributed by atoms with Gasteiger partial charge in [-0.3, -0.25) is 9.69 Å². The average Bonchev–Trinajstić information content (AvgIpc) is 2.93. The number of aromatic nitrogens is 3. The third kappa shape index (κ3) is 4.60. The Morgan fingerprint density at radius 3 is 2.65 bits per heavy atom. The standard InChI is InChI=1S/C23H23BrN4O2S/c1-3-5-14-31-23-25-21-20(26-27-23)17-8-6-7-9-18(17)28(19(29)4-2)22(30-21)15-10-12-16(24)13-11-15/h6-13,22H,3-5,14H2,1-2H3. The van der Waals surface area contributed by atoms with Crippen LogP contribution in [-0.2, 0) is 4.79 Å². The molecule has 4 rings (SSSR count). The zero-order valence-electron chi connectivity index (χ0n) is 17.4. The van der Waals surface area contributed by atoms with Gasteiger partial charge in [0.05, 0.1) is 5.69 Å². The Morgan fingerprint density at radius 1 is 1.13 bits per heavy atom. The molecule has 0 aliphatic carbocycles. The molecule has 0 bridgehead atoms. The molecule has 0 saturated carbocycles. The number of carbonyl (C=O) groups is 1. The minimum atomic E-state index is -0.659. The van der Waals surface area contributed by atoms with Crippen LogP contribution in [0.15, 0.2) is 58.2 Å². The number of thioether (sulfide) groups is 1. The number of ether oxygens (including phenoxy) is 1. The van der Waals surface area contributed by atoms with Crippen LogP contribution in [0.25, 0.3) is 11.3 Å². The molecule has 1 aromatic heterocycles. The number of unbranched alkanes of at least 4 members (excludes halogenated alkanes) is 1. The zero-order valence-corrected chi connectivity index (χ0v) is 19.8. The third-order valence-electron chi connectivity index (χ3n) is 4.97. The van der Waals surface area contributed by atoms with Gasteiger partial charge in [0.1, 0.15) is 0 Å². The maximum atomic E-state index is 13.1. The maximum Gasteiger partial charge on any atom is 0.247 e. The number of fused-ring (bicyclic) bond motifs is 3. The van der Waals surface area contributed by atoms with Crippen molar-refractivity contribution in [3.05, 3.63) is 58.6 Å². The lowest BCUT2D eigenvalue weighted by atomic mass is 10.1. The Bertz CT molecular complexity index is 1080. The van der Waals surface area contributed by atoms with Gasteiger partial charge in [0.25, 0.3) is 0 Å². The van der Waals surface area contributed by atoms with E-state index in [1.807, 2.05) is 55.5 Å². The fourth-order valence-corrected chi connectivity index (χ4v) is 4.49. The van der Waals surface area contributed by atoms with E-state index in [9.17, 15) is 4.79 Å². The molecule has 8 heteroatoms. The lowest BCUT2D eigenvalue weighted by Crippen LogP contribution is -2.37. The highest BCUT2D eigenvalue weighted by Crippen LogP contribution is 2.43. The number of hydrogen-bond donors (Lipinski definition) is 0. The number of benzene rings is 2. The Kier molecular flexibility index (Phi) is 6.87. The van der Waals surface area contributed by atoms with Gasteiger partial charge in [-0.15, -0.1) is 10.2 Å². The molecule has 0 spiro atoms. The van der Waals surface area contributed by atoms with Crippen molar-refractivity contribution in [3.63, 3.8) is 0 Å². The average molecular weight is 499 g/mol. The fraction of sp³-hybridized carbons (Fsp3) is 0.304.